The van der Waals surface area contributed by atoms with Crippen molar-refractivity contribution in [3.63, 3.8) is 0 Å². The maximum Gasteiger partial charge on any atom is 0.401 e. The fourth-order valence-electron chi connectivity index (χ4n) is 3.82. The van der Waals surface area contributed by atoms with Gasteiger partial charge in [0.25, 0.3) is 5.91 Å². The molecule has 5 rings (SSSR count). The Labute approximate surface area is 219 Å². The first-order valence-electron chi connectivity index (χ1n) is 11.5. The van der Waals surface area contributed by atoms with Crippen molar-refractivity contribution in [2.75, 3.05) is 22.9 Å². The fourth-order valence-corrected chi connectivity index (χ4v) is 4.54. The zero-order valence-corrected chi connectivity index (χ0v) is 20.6. The largest absolute Gasteiger partial charge is 0.401 e. The summed E-state index contributed by atoms with van der Waals surface area (Å²) in [5, 5.41) is 10.9. The van der Waals surface area contributed by atoms with Crippen molar-refractivity contribution < 1.29 is 18.0 Å². The summed E-state index contributed by atoms with van der Waals surface area (Å²) in [5.41, 5.74) is 10.7. The molecule has 3 aromatic heterocycles. The van der Waals surface area contributed by atoms with E-state index in [1.807, 2.05) is 5.38 Å². The third kappa shape index (κ3) is 5.76. The second-order valence-corrected chi connectivity index (χ2v) is 9.23. The summed E-state index contributed by atoms with van der Waals surface area (Å²) < 4.78 is 39.3. The van der Waals surface area contributed by atoms with E-state index in [0.29, 0.717) is 44.7 Å². The molecule has 12 heteroatoms. The van der Waals surface area contributed by atoms with Gasteiger partial charge in [-0.3, -0.25) is 9.20 Å². The number of carbonyl (C=O) groups excluding carboxylic acids is 1. The summed E-state index contributed by atoms with van der Waals surface area (Å²) in [5.74, 6) is -0.272. The van der Waals surface area contributed by atoms with E-state index in [9.17, 15) is 18.0 Å². The van der Waals surface area contributed by atoms with E-state index in [-0.39, 0.29) is 12.5 Å². The van der Waals surface area contributed by atoms with Crippen LogP contribution in [0.3, 0.4) is 0 Å². The topological polar surface area (TPSA) is 109 Å². The Hall–Kier alpha value is -4.42. The van der Waals surface area contributed by atoms with Crippen molar-refractivity contribution >= 4 is 45.1 Å². The van der Waals surface area contributed by atoms with Gasteiger partial charge >= 0.3 is 6.18 Å². The van der Waals surface area contributed by atoms with E-state index in [1.54, 1.807) is 77.5 Å². The van der Waals surface area contributed by atoms with Gasteiger partial charge in [-0.15, -0.1) is 11.3 Å². The molecule has 1 amide bonds. The van der Waals surface area contributed by atoms with Crippen molar-refractivity contribution in [2.45, 2.75) is 12.7 Å². The molecule has 8 nitrogen and oxygen atoms in total. The minimum atomic E-state index is -4.28. The Morgan fingerprint density at radius 2 is 1.84 bits per heavy atom. The number of nitrogens with one attached hydrogen (secondary N) is 3. The van der Waals surface area contributed by atoms with Crippen LogP contribution in [-0.4, -0.2) is 33.0 Å². The number of pyridine rings is 1. The van der Waals surface area contributed by atoms with Crippen LogP contribution in [0.15, 0.2) is 78.4 Å². The van der Waals surface area contributed by atoms with Gasteiger partial charge in [-0.05, 0) is 42.5 Å². The number of rotatable bonds is 8. The molecule has 0 unspecified atom stereocenters. The van der Waals surface area contributed by atoms with Crippen LogP contribution in [0.5, 0.6) is 0 Å². The number of imidazole rings is 1. The highest BCUT2D eigenvalue weighted by Crippen LogP contribution is 2.29. The van der Waals surface area contributed by atoms with E-state index in [0.717, 1.165) is 5.69 Å². The van der Waals surface area contributed by atoms with Gasteiger partial charge in [0.15, 0.2) is 5.13 Å². The highest BCUT2D eigenvalue weighted by Gasteiger charge is 2.26. The molecule has 0 aliphatic carbocycles. The number of nitrogens with zero attached hydrogens (tertiary/aromatic N) is 3. The lowest BCUT2D eigenvalue weighted by molar-refractivity contribution is -0.125. The van der Waals surface area contributed by atoms with Crippen LogP contribution in [0.4, 0.5) is 35.4 Å². The van der Waals surface area contributed by atoms with Crippen LogP contribution in [0.2, 0.25) is 0 Å². The summed E-state index contributed by atoms with van der Waals surface area (Å²) in [6.45, 7) is -1.03. The molecule has 0 fully saturated rings. The predicted octanol–water partition coefficient (Wildman–Crippen LogP) is 5.69. The van der Waals surface area contributed by atoms with Crippen molar-refractivity contribution in [2.24, 2.45) is 0 Å². The van der Waals surface area contributed by atoms with Crippen LogP contribution in [-0.2, 0) is 6.54 Å². The molecule has 0 saturated heterocycles. The monoisotopic (exact) mass is 537 g/mol. The second kappa shape index (κ2) is 10.5. The highest BCUT2D eigenvalue weighted by atomic mass is 32.1. The number of anilines is 4. The number of benzene rings is 2. The zero-order chi connectivity index (χ0) is 26.7. The summed E-state index contributed by atoms with van der Waals surface area (Å²) in [7, 11) is 0. The Kier molecular flexibility index (Phi) is 6.99. The number of nitrogen functional groups attached to an aromatic ring is 1. The maximum absolute atomic E-state index is 12.5. The number of fused-ring (bicyclic) bond motifs is 1. The van der Waals surface area contributed by atoms with Crippen molar-refractivity contribution in [3.05, 3.63) is 89.6 Å². The molecule has 38 heavy (non-hydrogen) atoms. The van der Waals surface area contributed by atoms with E-state index in [4.69, 9.17) is 5.73 Å². The van der Waals surface area contributed by atoms with E-state index >= 15 is 0 Å². The molecule has 0 radical (unpaired) electrons. The average molecular weight is 538 g/mol. The van der Waals surface area contributed by atoms with Crippen molar-refractivity contribution in [1.82, 2.24) is 19.7 Å². The van der Waals surface area contributed by atoms with Gasteiger partial charge in [0, 0.05) is 34.9 Å². The molecule has 5 N–H and O–H groups in total. The molecule has 0 saturated carbocycles. The Bertz CT molecular complexity index is 1580. The number of alkyl halides is 3. The van der Waals surface area contributed by atoms with Gasteiger partial charge in [-0.1, -0.05) is 18.2 Å². The van der Waals surface area contributed by atoms with Gasteiger partial charge in [-0.25, -0.2) is 9.97 Å². The quantitative estimate of drug-likeness (QED) is 0.190. The van der Waals surface area contributed by atoms with Crippen LogP contribution < -0.4 is 21.7 Å². The molecule has 0 bridgehead atoms. The van der Waals surface area contributed by atoms with Crippen molar-refractivity contribution in [1.29, 1.82) is 0 Å². The molecular formula is C26H22F3N7OS. The Morgan fingerprint density at radius 3 is 2.61 bits per heavy atom. The van der Waals surface area contributed by atoms with Gasteiger partial charge < -0.3 is 21.7 Å². The molecule has 2 aromatic carbocycles. The molecule has 3 heterocycles. The van der Waals surface area contributed by atoms with Crippen LogP contribution >= 0.6 is 11.3 Å². The minimum absolute atomic E-state index is 0.0386. The summed E-state index contributed by atoms with van der Waals surface area (Å²) in [6, 6.07) is 17.5. The number of aromatic nitrogens is 3. The lowest BCUT2D eigenvalue weighted by Crippen LogP contribution is -2.28. The van der Waals surface area contributed by atoms with Crippen molar-refractivity contribution in [3.8, 4) is 11.4 Å². The average Bonchev–Trinajstić information content (AvgIpc) is 3.52. The predicted molar refractivity (Wildman–Crippen MR) is 143 cm³/mol. The normalized spacial score (nSPS) is 11.6. The summed E-state index contributed by atoms with van der Waals surface area (Å²) in [4.78, 5) is 21.6. The zero-order valence-electron chi connectivity index (χ0n) is 19.8. The molecule has 194 valence electrons. The number of thiazole rings is 1. The first-order chi connectivity index (χ1) is 18.3. The lowest BCUT2D eigenvalue weighted by atomic mass is 10.2. The van der Waals surface area contributed by atoms with Gasteiger partial charge in [0.05, 0.1) is 29.8 Å². The second-order valence-electron chi connectivity index (χ2n) is 8.37. The molecule has 5 aromatic rings. The smallest absolute Gasteiger partial charge is 0.397 e. The Balaban J connectivity index is 1.26. The molecular weight excluding hydrogens is 515 g/mol. The van der Waals surface area contributed by atoms with E-state index in [1.165, 1.54) is 11.3 Å². The maximum atomic E-state index is 12.5. The van der Waals surface area contributed by atoms with Gasteiger partial charge in [0.1, 0.15) is 11.3 Å². The third-order valence-corrected chi connectivity index (χ3v) is 6.39. The third-order valence-electron chi connectivity index (χ3n) is 5.63. The van der Waals surface area contributed by atoms with E-state index < -0.39 is 12.7 Å². The molecule has 0 aliphatic rings. The first kappa shape index (κ1) is 25.2. The highest BCUT2D eigenvalue weighted by molar-refractivity contribution is 7.14. The first-order valence-corrected chi connectivity index (χ1v) is 12.4. The van der Waals surface area contributed by atoms with Crippen LogP contribution in [0.1, 0.15) is 15.9 Å². The van der Waals surface area contributed by atoms with Crippen LogP contribution in [0, 0.1) is 0 Å². The lowest BCUT2D eigenvalue weighted by Gasteiger charge is -2.09. The molecule has 0 atom stereocenters. The fraction of sp³-hybridized carbons (Fsp3) is 0.115. The number of carbonyl (C=O) groups is 1. The number of hydrogen-bond donors (Lipinski definition) is 4. The number of nitrogens with two attached hydrogens (primary N) is 1. The number of amides is 1. The minimum Gasteiger partial charge on any atom is -0.397 e. The number of hydrogen-bond acceptors (Lipinski definition) is 7. The summed E-state index contributed by atoms with van der Waals surface area (Å²) >= 11 is 1.39. The summed E-state index contributed by atoms with van der Waals surface area (Å²) in [6.07, 6.45) is -0.836. The number of para-hydroxylation sites is 2. The van der Waals surface area contributed by atoms with E-state index in [2.05, 4.69) is 25.9 Å². The number of halogens is 3. The molecule has 0 spiro atoms. The standard InChI is InChI=1S/C26H22F3N7OS/c27-26(28,29)15-31-12-17-4-3-11-36-22(13-32-23(17)36)21-14-38-25(35-21)33-18-9-7-16(8-10-18)24(37)34-20-6-2-1-5-19(20)30/h1-11,13-14,31H,12,15,30H2,(H,33,35)(H,34,37). The SMILES string of the molecule is Nc1ccccc1NC(=O)c1ccc(Nc2nc(-c3cnc4c(CNCC(F)(F)F)cccn34)cs2)cc1. The molecule has 0 aliphatic heterocycles. The van der Waals surface area contributed by atoms with Crippen LogP contribution in [0.25, 0.3) is 17.0 Å². The Morgan fingerprint density at radius 1 is 1.05 bits per heavy atom. The van der Waals surface area contributed by atoms with Gasteiger partial charge in [0.2, 0.25) is 0 Å². The van der Waals surface area contributed by atoms with Gasteiger partial charge in [-0.2, -0.15) is 13.2 Å².